The number of nitro groups is 2. The second-order valence-electron chi connectivity index (χ2n) is 7.76. The van der Waals surface area contributed by atoms with Gasteiger partial charge in [0.05, 0.1) is 16.5 Å². The van der Waals surface area contributed by atoms with E-state index in [2.05, 4.69) is 17.6 Å². The van der Waals surface area contributed by atoms with Gasteiger partial charge in [-0.05, 0) is 48.4 Å². The molecule has 186 valence electrons. The van der Waals surface area contributed by atoms with Crippen molar-refractivity contribution in [2.24, 2.45) is 0 Å². The van der Waals surface area contributed by atoms with E-state index in [0.717, 1.165) is 12.8 Å². The van der Waals surface area contributed by atoms with Crippen LogP contribution in [-0.4, -0.2) is 28.3 Å². The first-order chi connectivity index (χ1) is 17.3. The van der Waals surface area contributed by atoms with Gasteiger partial charge in [-0.3, -0.25) is 29.8 Å². The Kier molecular flexibility index (Phi) is 8.65. The van der Waals surface area contributed by atoms with Gasteiger partial charge in [-0.25, -0.2) is 0 Å². The molecule has 11 heteroatoms. The SMILES string of the molecule is CCCCOc1ccc(C(NC(=O)c2ccc([N+](=O)[O-])cc2)NC(=O)c2ccc([N+](=O)[O-])cc2)cc1. The van der Waals surface area contributed by atoms with E-state index in [1.54, 1.807) is 24.3 Å². The Hall–Kier alpha value is -4.80. The lowest BCUT2D eigenvalue weighted by Gasteiger charge is -2.21. The zero-order valence-corrected chi connectivity index (χ0v) is 19.4. The predicted octanol–water partition coefficient (Wildman–Crippen LogP) is 4.54. The molecule has 36 heavy (non-hydrogen) atoms. The fourth-order valence-corrected chi connectivity index (χ4v) is 3.19. The maximum Gasteiger partial charge on any atom is 0.269 e. The van der Waals surface area contributed by atoms with Gasteiger partial charge in [-0.2, -0.15) is 0 Å². The van der Waals surface area contributed by atoms with Crippen LogP contribution in [0.1, 0.15) is 52.2 Å². The molecule has 0 aromatic heterocycles. The Morgan fingerprint density at radius 1 is 0.778 bits per heavy atom. The summed E-state index contributed by atoms with van der Waals surface area (Å²) in [6.45, 7) is 2.62. The summed E-state index contributed by atoms with van der Waals surface area (Å²) in [5.41, 5.74) is 0.550. The smallest absolute Gasteiger partial charge is 0.269 e. The minimum absolute atomic E-state index is 0.159. The summed E-state index contributed by atoms with van der Waals surface area (Å²) in [4.78, 5) is 46.3. The summed E-state index contributed by atoms with van der Waals surface area (Å²) in [7, 11) is 0. The number of benzene rings is 3. The standard InChI is InChI=1S/C25H24N4O7/c1-2-3-16-36-22-14-8-17(9-15-22)23(26-24(30)18-4-10-20(11-5-18)28(32)33)27-25(31)19-6-12-21(13-7-19)29(34)35/h4-15,23H,2-3,16H2,1H3,(H,26,30)(H,27,31). The predicted molar refractivity (Wildman–Crippen MR) is 131 cm³/mol. The van der Waals surface area contributed by atoms with Gasteiger partial charge in [0.1, 0.15) is 11.9 Å². The number of nitrogens with zero attached hydrogens (tertiary/aromatic N) is 2. The normalized spacial score (nSPS) is 10.5. The van der Waals surface area contributed by atoms with E-state index >= 15 is 0 Å². The Labute approximate surface area is 206 Å². The van der Waals surface area contributed by atoms with Crippen LogP contribution in [0.15, 0.2) is 72.8 Å². The number of hydrogen-bond donors (Lipinski definition) is 2. The average molecular weight is 492 g/mol. The van der Waals surface area contributed by atoms with Crippen molar-refractivity contribution in [2.45, 2.75) is 25.9 Å². The Balaban J connectivity index is 1.81. The molecule has 0 fully saturated rings. The number of rotatable bonds is 11. The van der Waals surface area contributed by atoms with Crippen molar-refractivity contribution in [2.75, 3.05) is 6.61 Å². The largest absolute Gasteiger partial charge is 0.494 e. The van der Waals surface area contributed by atoms with Crippen LogP contribution in [0.4, 0.5) is 11.4 Å². The number of carbonyl (C=O) groups excluding carboxylic acids is 2. The number of hydrogen-bond acceptors (Lipinski definition) is 7. The highest BCUT2D eigenvalue weighted by Crippen LogP contribution is 2.20. The molecule has 0 saturated heterocycles. The van der Waals surface area contributed by atoms with Crippen LogP contribution in [0, 0.1) is 20.2 Å². The molecule has 3 rings (SSSR count). The molecule has 0 aliphatic rings. The molecule has 3 aromatic rings. The highest BCUT2D eigenvalue weighted by atomic mass is 16.6. The molecule has 11 nitrogen and oxygen atoms in total. The molecule has 0 bridgehead atoms. The zero-order valence-electron chi connectivity index (χ0n) is 19.4. The lowest BCUT2D eigenvalue weighted by molar-refractivity contribution is -0.385. The van der Waals surface area contributed by atoms with E-state index in [0.29, 0.717) is 17.9 Å². The summed E-state index contributed by atoms with van der Waals surface area (Å²) in [5.74, 6) is -0.501. The molecule has 0 aliphatic carbocycles. The fourth-order valence-electron chi connectivity index (χ4n) is 3.19. The molecule has 0 spiro atoms. The molecule has 0 radical (unpaired) electrons. The molecule has 0 unspecified atom stereocenters. The first kappa shape index (κ1) is 25.8. The van der Waals surface area contributed by atoms with E-state index in [1.807, 2.05) is 0 Å². The summed E-state index contributed by atoms with van der Waals surface area (Å²) in [6.07, 6.45) is 0.921. The van der Waals surface area contributed by atoms with Gasteiger partial charge in [0.25, 0.3) is 23.2 Å². The molecular weight excluding hydrogens is 468 g/mol. The van der Waals surface area contributed by atoms with Crippen molar-refractivity contribution < 1.29 is 24.2 Å². The van der Waals surface area contributed by atoms with Crippen molar-refractivity contribution in [3.63, 3.8) is 0 Å². The van der Waals surface area contributed by atoms with Gasteiger partial charge < -0.3 is 15.4 Å². The maximum atomic E-state index is 12.9. The Bertz CT molecular complexity index is 1160. The first-order valence-electron chi connectivity index (χ1n) is 11.1. The van der Waals surface area contributed by atoms with Crippen molar-refractivity contribution in [3.05, 3.63) is 110 Å². The van der Waals surface area contributed by atoms with Crippen LogP contribution >= 0.6 is 0 Å². The summed E-state index contributed by atoms with van der Waals surface area (Å²) in [5, 5.41) is 27.2. The Morgan fingerprint density at radius 2 is 1.22 bits per heavy atom. The number of ether oxygens (including phenoxy) is 1. The molecule has 3 aromatic carbocycles. The van der Waals surface area contributed by atoms with E-state index in [9.17, 15) is 29.8 Å². The summed E-state index contributed by atoms with van der Waals surface area (Å²) >= 11 is 0. The van der Waals surface area contributed by atoms with Crippen LogP contribution in [0.3, 0.4) is 0 Å². The second-order valence-corrected chi connectivity index (χ2v) is 7.76. The van der Waals surface area contributed by atoms with Gasteiger partial charge >= 0.3 is 0 Å². The number of nitrogens with one attached hydrogen (secondary N) is 2. The average Bonchev–Trinajstić information content (AvgIpc) is 2.89. The van der Waals surface area contributed by atoms with E-state index in [1.165, 1.54) is 48.5 Å². The van der Waals surface area contributed by atoms with Gasteiger partial charge in [0.2, 0.25) is 0 Å². The van der Waals surface area contributed by atoms with Gasteiger partial charge in [0, 0.05) is 35.4 Å². The zero-order chi connectivity index (χ0) is 26.1. The molecule has 0 aliphatic heterocycles. The highest BCUT2D eigenvalue weighted by molar-refractivity contribution is 5.97. The van der Waals surface area contributed by atoms with Crippen LogP contribution in [0.5, 0.6) is 5.75 Å². The number of carbonyl (C=O) groups is 2. The molecule has 2 N–H and O–H groups in total. The number of amides is 2. The van der Waals surface area contributed by atoms with Crippen molar-refractivity contribution in [1.29, 1.82) is 0 Å². The van der Waals surface area contributed by atoms with Gasteiger partial charge in [0.15, 0.2) is 0 Å². The summed E-state index contributed by atoms with van der Waals surface area (Å²) < 4.78 is 5.66. The van der Waals surface area contributed by atoms with E-state index < -0.39 is 27.8 Å². The van der Waals surface area contributed by atoms with E-state index in [4.69, 9.17) is 4.74 Å². The quantitative estimate of drug-likeness (QED) is 0.172. The molecule has 0 saturated carbocycles. The Morgan fingerprint density at radius 3 is 1.61 bits per heavy atom. The first-order valence-corrected chi connectivity index (χ1v) is 11.1. The van der Waals surface area contributed by atoms with E-state index in [-0.39, 0.29) is 22.5 Å². The van der Waals surface area contributed by atoms with Crippen LogP contribution in [-0.2, 0) is 0 Å². The van der Waals surface area contributed by atoms with Crippen LogP contribution < -0.4 is 15.4 Å². The third kappa shape index (κ3) is 6.86. The number of non-ortho nitro benzene ring substituents is 2. The number of unbranched alkanes of at least 4 members (excludes halogenated alkanes) is 1. The van der Waals surface area contributed by atoms with Gasteiger partial charge in [-0.1, -0.05) is 25.5 Å². The second kappa shape index (κ2) is 12.1. The third-order valence-electron chi connectivity index (χ3n) is 5.21. The highest BCUT2D eigenvalue weighted by Gasteiger charge is 2.20. The minimum atomic E-state index is -0.972. The third-order valence-corrected chi connectivity index (χ3v) is 5.21. The van der Waals surface area contributed by atoms with Crippen molar-refractivity contribution in [1.82, 2.24) is 10.6 Å². The minimum Gasteiger partial charge on any atom is -0.494 e. The lowest BCUT2D eigenvalue weighted by Crippen LogP contribution is -2.41. The number of nitro benzene ring substituents is 2. The molecule has 2 amide bonds. The lowest BCUT2D eigenvalue weighted by atomic mass is 10.1. The monoisotopic (exact) mass is 492 g/mol. The maximum absolute atomic E-state index is 12.9. The van der Waals surface area contributed by atoms with Crippen molar-refractivity contribution in [3.8, 4) is 5.75 Å². The molecular formula is C25H24N4O7. The van der Waals surface area contributed by atoms with Gasteiger partial charge in [-0.15, -0.1) is 0 Å². The van der Waals surface area contributed by atoms with Crippen molar-refractivity contribution >= 4 is 23.2 Å². The van der Waals surface area contributed by atoms with Crippen LogP contribution in [0.2, 0.25) is 0 Å². The molecule has 0 heterocycles. The van der Waals surface area contributed by atoms with Crippen LogP contribution in [0.25, 0.3) is 0 Å². The molecule has 0 atom stereocenters. The summed E-state index contributed by atoms with van der Waals surface area (Å²) in [6, 6.07) is 16.9. The fraction of sp³-hybridized carbons (Fsp3) is 0.200. The topological polar surface area (TPSA) is 154 Å².